The second-order valence-electron chi connectivity index (χ2n) is 5.03. The van der Waals surface area contributed by atoms with Crippen LogP contribution in [0.3, 0.4) is 0 Å². The number of hydrogen-bond donors (Lipinski definition) is 1. The van der Waals surface area contributed by atoms with Crippen molar-refractivity contribution in [3.63, 3.8) is 0 Å². The van der Waals surface area contributed by atoms with Gasteiger partial charge in [-0.1, -0.05) is 18.2 Å². The predicted molar refractivity (Wildman–Crippen MR) is 82.9 cm³/mol. The smallest absolute Gasteiger partial charge is 0.126 e. The fraction of sp³-hybridized carbons (Fsp3) is 0.294. The molecule has 2 rings (SSSR count). The van der Waals surface area contributed by atoms with E-state index in [0.717, 1.165) is 23.5 Å². The predicted octanol–water partition coefficient (Wildman–Crippen LogP) is 4.31. The zero-order valence-corrected chi connectivity index (χ0v) is 12.2. The van der Waals surface area contributed by atoms with Crippen molar-refractivity contribution in [3.05, 3.63) is 59.4 Å². The number of benzene rings is 2. The van der Waals surface area contributed by atoms with Crippen LogP contribution in [-0.4, -0.2) is 6.54 Å². The molecule has 20 heavy (non-hydrogen) atoms. The van der Waals surface area contributed by atoms with Crippen molar-refractivity contribution >= 4 is 11.4 Å². The molecule has 0 aliphatic rings. The zero-order valence-electron chi connectivity index (χ0n) is 12.2. The molecule has 0 amide bonds. The van der Waals surface area contributed by atoms with Crippen LogP contribution in [0.5, 0.6) is 0 Å². The Hall–Kier alpha value is -1.87. The number of hydrogen-bond acceptors (Lipinski definition) is 2. The summed E-state index contributed by atoms with van der Waals surface area (Å²) in [6.45, 7) is 6.54. The number of nitrogens with two attached hydrogens (primary N) is 1. The second kappa shape index (κ2) is 6.06. The lowest BCUT2D eigenvalue weighted by Gasteiger charge is -2.27. The Kier molecular flexibility index (Phi) is 4.40. The van der Waals surface area contributed by atoms with Crippen molar-refractivity contribution in [2.24, 2.45) is 5.73 Å². The first-order valence-electron chi connectivity index (χ1n) is 6.92. The maximum absolute atomic E-state index is 13.8. The van der Waals surface area contributed by atoms with Crippen LogP contribution in [0.4, 0.5) is 15.8 Å². The molecule has 0 radical (unpaired) electrons. The minimum Gasteiger partial charge on any atom is -0.341 e. The summed E-state index contributed by atoms with van der Waals surface area (Å²) in [6, 6.07) is 13.3. The average molecular weight is 272 g/mol. The topological polar surface area (TPSA) is 29.3 Å². The van der Waals surface area contributed by atoms with E-state index in [1.54, 1.807) is 13.0 Å². The maximum atomic E-state index is 13.8. The van der Waals surface area contributed by atoms with Gasteiger partial charge in [-0.05, 0) is 56.2 Å². The summed E-state index contributed by atoms with van der Waals surface area (Å²) in [5.74, 6) is -0.204. The van der Waals surface area contributed by atoms with E-state index < -0.39 is 0 Å². The molecular formula is C17H21FN2. The van der Waals surface area contributed by atoms with Crippen LogP contribution >= 0.6 is 0 Å². The maximum Gasteiger partial charge on any atom is 0.126 e. The molecular weight excluding hydrogens is 251 g/mol. The van der Waals surface area contributed by atoms with Crippen LogP contribution in [0.1, 0.15) is 31.0 Å². The van der Waals surface area contributed by atoms with Gasteiger partial charge in [-0.15, -0.1) is 0 Å². The van der Waals surface area contributed by atoms with Gasteiger partial charge in [-0.3, -0.25) is 0 Å². The van der Waals surface area contributed by atoms with Crippen molar-refractivity contribution in [3.8, 4) is 0 Å². The van der Waals surface area contributed by atoms with Gasteiger partial charge in [0, 0.05) is 24.0 Å². The van der Waals surface area contributed by atoms with Crippen molar-refractivity contribution < 1.29 is 4.39 Å². The summed E-state index contributed by atoms with van der Waals surface area (Å²) in [5.41, 5.74) is 9.55. The van der Waals surface area contributed by atoms with Crippen LogP contribution in [0.25, 0.3) is 0 Å². The van der Waals surface area contributed by atoms with Crippen LogP contribution in [0, 0.1) is 12.7 Å². The molecule has 2 N–H and O–H groups in total. The van der Waals surface area contributed by atoms with Gasteiger partial charge in [0.05, 0.1) is 0 Å². The summed E-state index contributed by atoms with van der Waals surface area (Å²) in [6.07, 6.45) is 0. The number of halogens is 1. The van der Waals surface area contributed by atoms with Crippen LogP contribution < -0.4 is 10.6 Å². The lowest BCUT2D eigenvalue weighted by molar-refractivity contribution is 0.613. The van der Waals surface area contributed by atoms with Crippen molar-refractivity contribution in [2.75, 3.05) is 11.4 Å². The monoisotopic (exact) mass is 272 g/mol. The van der Waals surface area contributed by atoms with E-state index in [0.29, 0.717) is 5.56 Å². The first kappa shape index (κ1) is 14.5. The second-order valence-corrected chi connectivity index (χ2v) is 5.03. The Labute approximate surface area is 120 Å². The SMILES string of the molecule is CCN(c1ccccc1)c1cc(C)c(F)cc1[C@@H](C)N. The molecule has 106 valence electrons. The third-order valence-electron chi connectivity index (χ3n) is 3.47. The van der Waals surface area contributed by atoms with Crippen molar-refractivity contribution in [1.29, 1.82) is 0 Å². The zero-order chi connectivity index (χ0) is 14.7. The molecule has 0 aliphatic heterocycles. The molecule has 0 unspecified atom stereocenters. The van der Waals surface area contributed by atoms with Gasteiger partial charge in [-0.25, -0.2) is 4.39 Å². The number of rotatable bonds is 4. The molecule has 3 heteroatoms. The van der Waals surface area contributed by atoms with E-state index in [1.807, 2.05) is 43.3 Å². The standard InChI is InChI=1S/C17H21FN2/c1-4-20(14-8-6-5-7-9-14)17-10-12(2)16(18)11-15(17)13(3)19/h5-11,13H,4,19H2,1-3H3/t13-/m1/s1. The van der Waals surface area contributed by atoms with E-state index in [4.69, 9.17) is 5.73 Å². The molecule has 0 spiro atoms. The van der Waals surface area contributed by atoms with Gasteiger partial charge in [-0.2, -0.15) is 0 Å². The van der Waals surface area contributed by atoms with E-state index in [2.05, 4.69) is 11.8 Å². The Morgan fingerprint density at radius 1 is 1.20 bits per heavy atom. The Bertz CT molecular complexity index is 579. The average Bonchev–Trinajstić information content (AvgIpc) is 2.44. The molecule has 0 aliphatic carbocycles. The lowest BCUT2D eigenvalue weighted by atomic mass is 10.0. The highest BCUT2D eigenvalue weighted by Gasteiger charge is 2.16. The first-order chi connectivity index (χ1) is 9.54. The lowest BCUT2D eigenvalue weighted by Crippen LogP contribution is -2.20. The summed E-state index contributed by atoms with van der Waals surface area (Å²) in [5, 5.41) is 0. The first-order valence-corrected chi connectivity index (χ1v) is 6.92. The largest absolute Gasteiger partial charge is 0.341 e. The van der Waals surface area contributed by atoms with Gasteiger partial charge in [0.25, 0.3) is 0 Å². The molecule has 0 heterocycles. The highest BCUT2D eigenvalue weighted by Crippen LogP contribution is 2.33. The highest BCUT2D eigenvalue weighted by molar-refractivity contribution is 5.67. The third-order valence-corrected chi connectivity index (χ3v) is 3.47. The molecule has 0 aromatic heterocycles. The van der Waals surface area contributed by atoms with E-state index in [1.165, 1.54) is 0 Å². The summed E-state index contributed by atoms with van der Waals surface area (Å²) < 4.78 is 13.8. The summed E-state index contributed by atoms with van der Waals surface area (Å²) in [7, 11) is 0. The summed E-state index contributed by atoms with van der Waals surface area (Å²) in [4.78, 5) is 2.16. The molecule has 0 bridgehead atoms. The van der Waals surface area contributed by atoms with Gasteiger partial charge < -0.3 is 10.6 Å². The van der Waals surface area contributed by atoms with E-state index in [-0.39, 0.29) is 11.9 Å². The molecule has 0 fully saturated rings. The van der Waals surface area contributed by atoms with E-state index >= 15 is 0 Å². The molecule has 2 nitrogen and oxygen atoms in total. The summed E-state index contributed by atoms with van der Waals surface area (Å²) >= 11 is 0. The number of para-hydroxylation sites is 1. The minimum atomic E-state index is -0.210. The molecule has 1 atom stereocenters. The normalized spacial score (nSPS) is 12.2. The van der Waals surface area contributed by atoms with Gasteiger partial charge in [0.1, 0.15) is 5.82 Å². The van der Waals surface area contributed by atoms with Gasteiger partial charge in [0.15, 0.2) is 0 Å². The van der Waals surface area contributed by atoms with E-state index in [9.17, 15) is 4.39 Å². The number of anilines is 2. The minimum absolute atomic E-state index is 0.204. The molecule has 0 saturated heterocycles. The fourth-order valence-electron chi connectivity index (χ4n) is 2.38. The van der Waals surface area contributed by atoms with Crippen LogP contribution in [0.2, 0.25) is 0 Å². The van der Waals surface area contributed by atoms with Gasteiger partial charge >= 0.3 is 0 Å². The van der Waals surface area contributed by atoms with Crippen LogP contribution in [0.15, 0.2) is 42.5 Å². The van der Waals surface area contributed by atoms with Crippen molar-refractivity contribution in [1.82, 2.24) is 0 Å². The van der Waals surface area contributed by atoms with Crippen molar-refractivity contribution in [2.45, 2.75) is 26.8 Å². The fourth-order valence-corrected chi connectivity index (χ4v) is 2.38. The van der Waals surface area contributed by atoms with Gasteiger partial charge in [0.2, 0.25) is 0 Å². The third kappa shape index (κ3) is 2.83. The quantitative estimate of drug-likeness (QED) is 0.898. The highest BCUT2D eigenvalue weighted by atomic mass is 19.1. The Morgan fingerprint density at radius 3 is 2.40 bits per heavy atom. The molecule has 0 saturated carbocycles. The number of nitrogens with zero attached hydrogens (tertiary/aromatic N) is 1. The molecule has 2 aromatic rings. The Morgan fingerprint density at radius 2 is 1.85 bits per heavy atom. The number of aryl methyl sites for hydroxylation is 1. The Balaban J connectivity index is 2.57. The van der Waals surface area contributed by atoms with Crippen LogP contribution in [-0.2, 0) is 0 Å². The molecule has 2 aromatic carbocycles.